The maximum Gasteiger partial charge on any atom is 0.270 e. The van der Waals surface area contributed by atoms with Crippen molar-refractivity contribution in [1.29, 1.82) is 0 Å². The molecule has 0 aliphatic rings. The molecule has 2 aromatic rings. The van der Waals surface area contributed by atoms with Crippen LogP contribution in [-0.2, 0) is 0 Å². The molecule has 1 N–H and O–H groups in total. The van der Waals surface area contributed by atoms with Crippen molar-refractivity contribution in [2.45, 2.75) is 0 Å². The summed E-state index contributed by atoms with van der Waals surface area (Å²) in [5.41, 5.74) is 3.31. The number of hydrazone groups is 1. The van der Waals surface area contributed by atoms with E-state index in [0.29, 0.717) is 31.3 Å². The largest absolute Gasteiger partial charge is 0.275 e. The highest BCUT2D eigenvalue weighted by Crippen LogP contribution is 2.33. The van der Waals surface area contributed by atoms with Gasteiger partial charge >= 0.3 is 0 Å². The highest BCUT2D eigenvalue weighted by atomic mass is 35.5. The van der Waals surface area contributed by atoms with Crippen molar-refractivity contribution in [1.82, 2.24) is 0 Å². The molecule has 0 aliphatic carbocycles. The zero-order valence-corrected chi connectivity index (χ0v) is 13.7. The van der Waals surface area contributed by atoms with Crippen LogP contribution in [0.25, 0.3) is 0 Å². The number of benzene rings is 2. The second kappa shape index (κ2) is 7.15. The lowest BCUT2D eigenvalue weighted by molar-refractivity contribution is -0.384. The number of nitrogens with one attached hydrogen (secondary N) is 1. The lowest BCUT2D eigenvalue weighted by Gasteiger charge is -2.06. The van der Waals surface area contributed by atoms with Gasteiger partial charge in [0.2, 0.25) is 0 Å². The number of hydrogen-bond acceptors (Lipinski definition) is 4. The summed E-state index contributed by atoms with van der Waals surface area (Å²) in [6.45, 7) is 0. The van der Waals surface area contributed by atoms with Gasteiger partial charge in [-0.05, 0) is 18.2 Å². The molecule has 9 heteroatoms. The third-order valence-electron chi connectivity index (χ3n) is 2.58. The van der Waals surface area contributed by atoms with Crippen molar-refractivity contribution < 1.29 is 4.92 Å². The minimum atomic E-state index is -0.520. The van der Waals surface area contributed by atoms with Crippen molar-refractivity contribution >= 4 is 64.0 Å². The van der Waals surface area contributed by atoms with E-state index in [1.807, 2.05) is 0 Å². The Morgan fingerprint density at radius 3 is 2.27 bits per heavy atom. The molecule has 114 valence electrons. The number of nitrogens with zero attached hydrogens (tertiary/aromatic N) is 2. The van der Waals surface area contributed by atoms with E-state index < -0.39 is 4.92 Å². The Morgan fingerprint density at radius 2 is 1.68 bits per heavy atom. The van der Waals surface area contributed by atoms with Crippen molar-refractivity contribution in [3.63, 3.8) is 0 Å². The van der Waals surface area contributed by atoms with Gasteiger partial charge in [-0.15, -0.1) is 0 Å². The van der Waals surface area contributed by atoms with E-state index in [9.17, 15) is 10.1 Å². The van der Waals surface area contributed by atoms with Crippen LogP contribution in [0.4, 0.5) is 11.4 Å². The van der Waals surface area contributed by atoms with Crippen LogP contribution < -0.4 is 5.43 Å². The molecule has 0 saturated carbocycles. The van der Waals surface area contributed by atoms with Crippen LogP contribution in [0.2, 0.25) is 20.1 Å². The summed E-state index contributed by atoms with van der Waals surface area (Å²) < 4.78 is 0. The monoisotopic (exact) mass is 377 g/mol. The minimum Gasteiger partial charge on any atom is -0.275 e. The topological polar surface area (TPSA) is 67.5 Å². The van der Waals surface area contributed by atoms with Crippen LogP contribution in [0, 0.1) is 10.1 Å². The lowest BCUT2D eigenvalue weighted by atomic mass is 10.2. The Balaban J connectivity index is 2.23. The first-order valence-electron chi connectivity index (χ1n) is 5.76. The minimum absolute atomic E-state index is 0.0894. The van der Waals surface area contributed by atoms with Crippen molar-refractivity contribution in [2.24, 2.45) is 5.10 Å². The van der Waals surface area contributed by atoms with Gasteiger partial charge in [-0.1, -0.05) is 46.4 Å². The predicted molar refractivity (Wildman–Crippen MR) is 90.8 cm³/mol. The van der Waals surface area contributed by atoms with E-state index in [0.717, 1.165) is 0 Å². The highest BCUT2D eigenvalue weighted by molar-refractivity contribution is 6.41. The number of non-ortho nitro benzene ring substituents is 1. The Kier molecular flexibility index (Phi) is 5.47. The van der Waals surface area contributed by atoms with Gasteiger partial charge in [-0.25, -0.2) is 0 Å². The van der Waals surface area contributed by atoms with Crippen LogP contribution in [0.15, 0.2) is 35.4 Å². The fraction of sp³-hybridized carbons (Fsp3) is 0. The molecular formula is C13H7Cl4N3O2. The number of hydrogen-bond donors (Lipinski definition) is 1. The average molecular weight is 379 g/mol. The van der Waals surface area contributed by atoms with Crippen molar-refractivity contribution in [2.75, 3.05) is 5.43 Å². The molecule has 0 saturated heterocycles. The van der Waals surface area contributed by atoms with Crippen LogP contribution >= 0.6 is 46.4 Å². The summed E-state index contributed by atoms with van der Waals surface area (Å²) in [5.74, 6) is 0. The number of anilines is 1. The van der Waals surface area contributed by atoms with Crippen LogP contribution in [0.1, 0.15) is 5.56 Å². The van der Waals surface area contributed by atoms with E-state index in [1.165, 1.54) is 36.5 Å². The van der Waals surface area contributed by atoms with Gasteiger partial charge in [0.15, 0.2) is 0 Å². The molecule has 0 aromatic heterocycles. The molecule has 0 radical (unpaired) electrons. The lowest BCUT2D eigenvalue weighted by Crippen LogP contribution is -1.95. The maximum absolute atomic E-state index is 10.7. The number of halogens is 4. The number of nitro groups is 1. The maximum atomic E-state index is 10.7. The van der Waals surface area contributed by atoms with Crippen LogP contribution in [0.5, 0.6) is 0 Å². The van der Waals surface area contributed by atoms with Crippen LogP contribution in [-0.4, -0.2) is 11.1 Å². The summed E-state index contributed by atoms with van der Waals surface area (Å²) in [6, 6.07) is 7.04. The molecule has 0 fully saturated rings. The molecule has 0 amide bonds. The number of nitro benzene ring substituents is 1. The molecular weight excluding hydrogens is 372 g/mol. The van der Waals surface area contributed by atoms with E-state index in [2.05, 4.69) is 10.5 Å². The third-order valence-corrected chi connectivity index (χ3v) is 3.74. The molecule has 5 nitrogen and oxygen atoms in total. The Labute approximate surface area is 145 Å². The average Bonchev–Trinajstić information content (AvgIpc) is 2.43. The summed E-state index contributed by atoms with van der Waals surface area (Å²) in [5, 5.41) is 16.0. The summed E-state index contributed by atoms with van der Waals surface area (Å²) in [7, 11) is 0. The number of rotatable bonds is 4. The highest BCUT2D eigenvalue weighted by Gasteiger charge is 2.09. The normalized spacial score (nSPS) is 10.9. The quantitative estimate of drug-likeness (QED) is 0.424. The molecule has 0 unspecified atom stereocenters. The van der Waals surface area contributed by atoms with Crippen molar-refractivity contribution in [3.8, 4) is 0 Å². The molecule has 0 aliphatic heterocycles. The molecule has 0 heterocycles. The van der Waals surface area contributed by atoms with Gasteiger partial charge in [0.05, 0.1) is 26.9 Å². The first-order valence-corrected chi connectivity index (χ1v) is 7.27. The van der Waals surface area contributed by atoms with Gasteiger partial charge in [0.1, 0.15) is 0 Å². The first kappa shape index (κ1) is 16.8. The van der Waals surface area contributed by atoms with E-state index in [1.54, 1.807) is 0 Å². The van der Waals surface area contributed by atoms with E-state index in [-0.39, 0.29) is 5.69 Å². The molecule has 2 rings (SSSR count). The first-order chi connectivity index (χ1) is 10.4. The summed E-state index contributed by atoms with van der Waals surface area (Å²) >= 11 is 23.7. The Bertz CT molecular complexity index is 742. The van der Waals surface area contributed by atoms with Gasteiger partial charge in [0.25, 0.3) is 5.69 Å². The molecule has 22 heavy (non-hydrogen) atoms. The molecule has 0 spiro atoms. The Hall–Kier alpha value is -1.53. The van der Waals surface area contributed by atoms with Crippen LogP contribution in [0.3, 0.4) is 0 Å². The predicted octanol–water partition coefficient (Wildman–Crippen LogP) is 5.65. The third kappa shape index (κ3) is 4.01. The zero-order chi connectivity index (χ0) is 16.3. The Morgan fingerprint density at radius 1 is 1.05 bits per heavy atom. The molecule has 0 bridgehead atoms. The zero-order valence-electron chi connectivity index (χ0n) is 10.7. The van der Waals surface area contributed by atoms with Gasteiger partial charge in [-0.2, -0.15) is 5.10 Å². The van der Waals surface area contributed by atoms with Crippen molar-refractivity contribution in [3.05, 3.63) is 66.1 Å². The van der Waals surface area contributed by atoms with E-state index in [4.69, 9.17) is 46.4 Å². The summed E-state index contributed by atoms with van der Waals surface area (Å²) in [6.07, 6.45) is 1.33. The standard InChI is InChI=1S/C13H7Cl4N3O2/c14-8-4-11(16)13(12(17)5-8)19-18-6-7-3-9(20(21)22)1-2-10(7)15/h1-6,19H/b18-6+. The second-order valence-corrected chi connectivity index (χ2v) is 5.74. The van der Waals surface area contributed by atoms with E-state index >= 15 is 0 Å². The molecule has 2 aromatic carbocycles. The summed E-state index contributed by atoms with van der Waals surface area (Å²) in [4.78, 5) is 10.2. The fourth-order valence-electron chi connectivity index (χ4n) is 1.56. The second-order valence-electron chi connectivity index (χ2n) is 4.08. The van der Waals surface area contributed by atoms with Gasteiger partial charge in [0, 0.05) is 27.7 Å². The smallest absolute Gasteiger partial charge is 0.270 e. The van der Waals surface area contributed by atoms with Gasteiger partial charge < -0.3 is 0 Å². The fourth-order valence-corrected chi connectivity index (χ4v) is 2.63. The molecule has 0 atom stereocenters. The SMILES string of the molecule is O=[N+]([O-])c1ccc(Cl)c(/C=N/Nc2c(Cl)cc(Cl)cc2Cl)c1. The van der Waals surface area contributed by atoms with Gasteiger partial charge in [-0.3, -0.25) is 15.5 Å².